The van der Waals surface area contributed by atoms with E-state index in [1.165, 1.54) is 4.68 Å². The first-order chi connectivity index (χ1) is 9.77. The lowest BCUT2D eigenvalue weighted by Crippen LogP contribution is -2.20. The van der Waals surface area contributed by atoms with E-state index in [0.29, 0.717) is 11.4 Å². The van der Waals surface area contributed by atoms with E-state index < -0.39 is 0 Å². The molecule has 20 heavy (non-hydrogen) atoms. The van der Waals surface area contributed by atoms with E-state index in [9.17, 15) is 4.79 Å². The van der Waals surface area contributed by atoms with Crippen molar-refractivity contribution in [1.29, 1.82) is 0 Å². The predicted octanol–water partition coefficient (Wildman–Crippen LogP) is 2.11. The molecule has 2 aromatic rings. The number of para-hydroxylation sites is 1. The summed E-state index contributed by atoms with van der Waals surface area (Å²) in [7, 11) is 0. The Labute approximate surface area is 117 Å². The van der Waals surface area contributed by atoms with Gasteiger partial charge in [-0.3, -0.25) is 14.9 Å². The minimum Gasteiger partial charge on any atom is -0.383 e. The van der Waals surface area contributed by atoms with Crippen molar-refractivity contribution in [2.24, 2.45) is 4.99 Å². The molecule has 1 aromatic heterocycles. The van der Waals surface area contributed by atoms with Gasteiger partial charge in [0.25, 0.3) is 5.56 Å². The van der Waals surface area contributed by atoms with E-state index in [1.807, 2.05) is 30.3 Å². The van der Waals surface area contributed by atoms with Crippen molar-refractivity contribution in [3.8, 4) is 5.69 Å². The van der Waals surface area contributed by atoms with Crippen molar-refractivity contribution in [3.63, 3.8) is 0 Å². The molecule has 0 bridgehead atoms. The van der Waals surface area contributed by atoms with E-state index in [-0.39, 0.29) is 5.56 Å². The third-order valence-electron chi connectivity index (χ3n) is 3.60. The minimum absolute atomic E-state index is 0.116. The molecule has 5 heteroatoms. The van der Waals surface area contributed by atoms with Gasteiger partial charge in [-0.1, -0.05) is 24.6 Å². The smallest absolute Gasteiger partial charge is 0.282 e. The van der Waals surface area contributed by atoms with Crippen LogP contribution in [0.5, 0.6) is 0 Å². The van der Waals surface area contributed by atoms with Crippen molar-refractivity contribution in [2.75, 3.05) is 12.3 Å². The Morgan fingerprint density at radius 1 is 1.15 bits per heavy atom. The van der Waals surface area contributed by atoms with E-state index >= 15 is 0 Å². The maximum atomic E-state index is 12.6. The molecular formula is C15H18N4O. The minimum atomic E-state index is -0.116. The number of aromatic nitrogens is 2. The van der Waals surface area contributed by atoms with Gasteiger partial charge in [-0.05, 0) is 31.4 Å². The lowest BCUT2D eigenvalue weighted by atomic mass is 10.1. The Hall–Kier alpha value is -2.30. The number of aromatic amines is 1. The Morgan fingerprint density at radius 3 is 2.75 bits per heavy atom. The van der Waals surface area contributed by atoms with Crippen LogP contribution in [-0.2, 0) is 0 Å². The highest BCUT2D eigenvalue weighted by Crippen LogP contribution is 2.16. The van der Waals surface area contributed by atoms with Crippen molar-refractivity contribution >= 4 is 11.5 Å². The van der Waals surface area contributed by atoms with E-state index in [1.54, 1.807) is 0 Å². The highest BCUT2D eigenvalue weighted by atomic mass is 16.1. The second-order valence-electron chi connectivity index (χ2n) is 5.02. The quantitative estimate of drug-likeness (QED) is 0.876. The number of nitrogens with one attached hydrogen (secondary N) is 1. The fraction of sp³-hybridized carbons (Fsp3) is 0.333. The summed E-state index contributed by atoms with van der Waals surface area (Å²) in [6.45, 7) is 0.782. The number of nitrogen functional groups attached to an aromatic ring is 1. The van der Waals surface area contributed by atoms with Crippen LogP contribution in [0.25, 0.3) is 5.69 Å². The Kier molecular flexibility index (Phi) is 3.41. The molecule has 1 aliphatic heterocycles. The average molecular weight is 270 g/mol. The number of nitrogens with two attached hydrogens (primary N) is 1. The number of nitrogens with zero attached hydrogens (tertiary/aromatic N) is 2. The summed E-state index contributed by atoms with van der Waals surface area (Å²) >= 11 is 0. The first kappa shape index (κ1) is 12.7. The van der Waals surface area contributed by atoms with Gasteiger partial charge in [0.15, 0.2) is 0 Å². The van der Waals surface area contributed by atoms with Crippen molar-refractivity contribution in [2.45, 2.75) is 25.7 Å². The van der Waals surface area contributed by atoms with Gasteiger partial charge < -0.3 is 5.73 Å². The maximum Gasteiger partial charge on any atom is 0.282 e. The van der Waals surface area contributed by atoms with Crippen molar-refractivity contribution in [3.05, 3.63) is 46.2 Å². The van der Waals surface area contributed by atoms with Crippen molar-refractivity contribution in [1.82, 2.24) is 9.78 Å². The molecule has 1 aromatic carbocycles. The molecule has 0 atom stereocenters. The zero-order valence-corrected chi connectivity index (χ0v) is 11.3. The van der Waals surface area contributed by atoms with Gasteiger partial charge in [0.1, 0.15) is 11.4 Å². The van der Waals surface area contributed by atoms with Crippen LogP contribution in [0.1, 0.15) is 31.2 Å². The van der Waals surface area contributed by atoms with Crippen molar-refractivity contribution < 1.29 is 0 Å². The number of hydrogen-bond acceptors (Lipinski definition) is 3. The second kappa shape index (κ2) is 5.36. The van der Waals surface area contributed by atoms with Gasteiger partial charge in [-0.2, -0.15) is 0 Å². The molecule has 5 nitrogen and oxygen atoms in total. The summed E-state index contributed by atoms with van der Waals surface area (Å²) in [6.07, 6.45) is 4.13. The summed E-state index contributed by atoms with van der Waals surface area (Å²) in [5.41, 5.74) is 8.05. The summed E-state index contributed by atoms with van der Waals surface area (Å²) in [5.74, 6) is 0.402. The van der Waals surface area contributed by atoms with Crippen LogP contribution < -0.4 is 11.3 Å². The Balaban J connectivity index is 2.08. The molecule has 0 radical (unpaired) electrons. The fourth-order valence-corrected chi connectivity index (χ4v) is 2.57. The van der Waals surface area contributed by atoms with Crippen LogP contribution in [0.4, 0.5) is 5.82 Å². The fourth-order valence-electron chi connectivity index (χ4n) is 2.57. The summed E-state index contributed by atoms with van der Waals surface area (Å²) in [6, 6.07) is 9.44. The Bertz CT molecular complexity index is 682. The Morgan fingerprint density at radius 2 is 1.95 bits per heavy atom. The van der Waals surface area contributed by atoms with E-state index in [4.69, 9.17) is 5.73 Å². The molecule has 0 fully saturated rings. The molecule has 104 valence electrons. The monoisotopic (exact) mass is 270 g/mol. The zero-order valence-electron chi connectivity index (χ0n) is 11.3. The molecule has 0 unspecified atom stereocenters. The first-order valence-corrected chi connectivity index (χ1v) is 6.97. The van der Waals surface area contributed by atoms with E-state index in [2.05, 4.69) is 10.1 Å². The summed E-state index contributed by atoms with van der Waals surface area (Å²) < 4.78 is 1.48. The van der Waals surface area contributed by atoms with Crippen LogP contribution in [0, 0.1) is 0 Å². The number of rotatable bonds is 2. The number of anilines is 1. The summed E-state index contributed by atoms with van der Waals surface area (Å²) in [4.78, 5) is 17.1. The van der Waals surface area contributed by atoms with Crippen LogP contribution in [0.2, 0.25) is 0 Å². The molecule has 3 N–H and O–H groups in total. The standard InChI is InChI=1S/C15H18N4O/c16-14-13(12-9-5-2-6-10-17-12)15(20)19(18-14)11-7-3-1-4-8-11/h1,3-4,7-8,18H,2,5-6,9-10,16H2. The number of hydrogen-bond donors (Lipinski definition) is 2. The maximum absolute atomic E-state index is 12.6. The van der Waals surface area contributed by atoms with Gasteiger partial charge in [0, 0.05) is 6.54 Å². The lowest BCUT2D eigenvalue weighted by Gasteiger charge is -2.00. The van der Waals surface area contributed by atoms with Gasteiger partial charge >= 0.3 is 0 Å². The molecule has 3 rings (SSSR count). The molecule has 0 amide bonds. The molecule has 0 saturated carbocycles. The SMILES string of the molecule is Nc1[nH]n(-c2ccccc2)c(=O)c1C1=NCCCCC1. The van der Waals surface area contributed by atoms with Crippen LogP contribution in [-0.4, -0.2) is 22.0 Å². The zero-order chi connectivity index (χ0) is 13.9. The van der Waals surface area contributed by atoms with Gasteiger partial charge in [0.05, 0.1) is 11.4 Å². The van der Waals surface area contributed by atoms with Gasteiger partial charge in [-0.25, -0.2) is 4.68 Å². The second-order valence-corrected chi connectivity index (χ2v) is 5.02. The number of H-pyrrole nitrogens is 1. The highest BCUT2D eigenvalue weighted by molar-refractivity contribution is 6.04. The normalized spacial score (nSPS) is 15.7. The molecule has 0 spiro atoms. The summed E-state index contributed by atoms with van der Waals surface area (Å²) in [5, 5.41) is 2.95. The number of aliphatic imine (C=N–C) groups is 1. The molecule has 0 saturated heterocycles. The third kappa shape index (κ3) is 2.27. The number of benzene rings is 1. The van der Waals surface area contributed by atoms with Crippen LogP contribution >= 0.6 is 0 Å². The predicted molar refractivity (Wildman–Crippen MR) is 80.7 cm³/mol. The largest absolute Gasteiger partial charge is 0.383 e. The highest BCUT2D eigenvalue weighted by Gasteiger charge is 2.19. The van der Waals surface area contributed by atoms with Gasteiger partial charge in [0.2, 0.25) is 0 Å². The topological polar surface area (TPSA) is 76.2 Å². The lowest BCUT2D eigenvalue weighted by molar-refractivity contribution is 0.731. The molecular weight excluding hydrogens is 252 g/mol. The van der Waals surface area contributed by atoms with Crippen LogP contribution in [0.15, 0.2) is 40.1 Å². The first-order valence-electron chi connectivity index (χ1n) is 6.97. The molecule has 0 aliphatic carbocycles. The van der Waals surface area contributed by atoms with E-state index in [0.717, 1.165) is 43.6 Å². The van der Waals surface area contributed by atoms with Crippen LogP contribution in [0.3, 0.4) is 0 Å². The molecule has 2 heterocycles. The molecule has 1 aliphatic rings. The average Bonchev–Trinajstić information content (AvgIpc) is 2.67. The van der Waals surface area contributed by atoms with Gasteiger partial charge in [-0.15, -0.1) is 0 Å². The third-order valence-corrected chi connectivity index (χ3v) is 3.60.